The molecule has 142 valence electrons. The summed E-state index contributed by atoms with van der Waals surface area (Å²) in [4.78, 5) is 8.68. The van der Waals surface area contributed by atoms with Crippen LogP contribution >= 0.6 is 0 Å². The van der Waals surface area contributed by atoms with Crippen molar-refractivity contribution in [3.63, 3.8) is 0 Å². The normalized spacial score (nSPS) is 21.3. The van der Waals surface area contributed by atoms with Crippen LogP contribution in [-0.4, -0.2) is 56.5 Å². The second-order valence-electron chi connectivity index (χ2n) is 6.68. The molecule has 25 heavy (non-hydrogen) atoms. The van der Waals surface area contributed by atoms with Crippen LogP contribution in [0, 0.1) is 5.92 Å². The summed E-state index contributed by atoms with van der Waals surface area (Å²) in [6, 6.07) is 2.10. The Balaban J connectivity index is 1.84. The van der Waals surface area contributed by atoms with Gasteiger partial charge in [0.1, 0.15) is 5.82 Å². The van der Waals surface area contributed by atoms with Gasteiger partial charge in [0.15, 0.2) is 0 Å². The molecule has 0 aromatic carbocycles. The van der Waals surface area contributed by atoms with E-state index in [0.717, 1.165) is 31.5 Å². The van der Waals surface area contributed by atoms with Gasteiger partial charge >= 0.3 is 0 Å². The number of hydrogen-bond acceptors (Lipinski definition) is 7. The van der Waals surface area contributed by atoms with Crippen LogP contribution in [0.5, 0.6) is 0 Å². The average molecular weight is 372 g/mol. The zero-order chi connectivity index (χ0) is 18.3. The molecule has 0 unspecified atom stereocenters. The highest BCUT2D eigenvalue weighted by Gasteiger charge is 2.28. The summed E-state index contributed by atoms with van der Waals surface area (Å²) in [7, 11) is -3.14. The summed E-state index contributed by atoms with van der Waals surface area (Å²) in [5.41, 5.74) is 0. The molecular formula is C16H29N5O3S. The maximum Gasteiger partial charge on any atom is 0.224 e. The lowest BCUT2D eigenvalue weighted by atomic mass is 9.94. The van der Waals surface area contributed by atoms with Crippen LogP contribution in [-0.2, 0) is 14.8 Å². The largest absolute Gasteiger partial charge is 0.376 e. The van der Waals surface area contributed by atoms with Crippen molar-refractivity contribution >= 4 is 21.8 Å². The van der Waals surface area contributed by atoms with Gasteiger partial charge in [0.25, 0.3) is 0 Å². The Morgan fingerprint density at radius 1 is 1.36 bits per heavy atom. The number of hydrogen-bond donors (Lipinski definition) is 3. The molecule has 0 aliphatic carbocycles. The number of aromatic nitrogens is 2. The molecule has 0 saturated carbocycles. The summed E-state index contributed by atoms with van der Waals surface area (Å²) in [6.45, 7) is 6.13. The first-order valence-electron chi connectivity index (χ1n) is 8.75. The molecule has 2 heterocycles. The first-order chi connectivity index (χ1) is 11.8. The molecule has 0 bridgehead atoms. The van der Waals surface area contributed by atoms with Crippen LogP contribution in [0.1, 0.15) is 33.1 Å². The van der Waals surface area contributed by atoms with Crippen LogP contribution in [0.25, 0.3) is 0 Å². The quantitative estimate of drug-likeness (QED) is 0.564. The first kappa shape index (κ1) is 19.9. The van der Waals surface area contributed by atoms with E-state index in [4.69, 9.17) is 4.74 Å². The topological polar surface area (TPSA) is 105 Å². The Morgan fingerprint density at radius 3 is 2.88 bits per heavy atom. The molecule has 1 aliphatic rings. The molecule has 3 N–H and O–H groups in total. The molecule has 0 spiro atoms. The first-order valence-corrected chi connectivity index (χ1v) is 10.6. The van der Waals surface area contributed by atoms with Crippen LogP contribution in [0.15, 0.2) is 12.3 Å². The van der Waals surface area contributed by atoms with Gasteiger partial charge in [-0.1, -0.05) is 13.8 Å². The van der Waals surface area contributed by atoms with E-state index in [2.05, 4.69) is 39.2 Å². The van der Waals surface area contributed by atoms with E-state index in [-0.39, 0.29) is 12.1 Å². The number of nitrogens with one attached hydrogen (secondary N) is 3. The highest BCUT2D eigenvalue weighted by Crippen LogP contribution is 2.23. The minimum atomic E-state index is -3.14. The van der Waals surface area contributed by atoms with Crippen molar-refractivity contribution in [2.75, 3.05) is 36.6 Å². The molecule has 2 rings (SSSR count). The predicted molar refractivity (Wildman–Crippen MR) is 99.2 cm³/mol. The van der Waals surface area contributed by atoms with Gasteiger partial charge in [0.2, 0.25) is 16.0 Å². The van der Waals surface area contributed by atoms with Crippen molar-refractivity contribution in [1.29, 1.82) is 0 Å². The smallest absolute Gasteiger partial charge is 0.224 e. The second kappa shape index (κ2) is 9.30. The van der Waals surface area contributed by atoms with E-state index in [1.54, 1.807) is 6.20 Å². The molecular weight excluding hydrogens is 342 g/mol. The maximum absolute atomic E-state index is 11.0. The van der Waals surface area contributed by atoms with E-state index < -0.39 is 10.0 Å². The third-order valence-corrected chi connectivity index (χ3v) is 4.74. The Bertz CT molecular complexity index is 638. The van der Waals surface area contributed by atoms with E-state index in [9.17, 15) is 8.42 Å². The van der Waals surface area contributed by atoms with Crippen LogP contribution < -0.4 is 15.4 Å². The lowest BCUT2D eigenvalue weighted by Crippen LogP contribution is -2.43. The van der Waals surface area contributed by atoms with Crippen LogP contribution in [0.3, 0.4) is 0 Å². The Hall–Kier alpha value is -1.45. The number of anilines is 2. The number of rotatable bonds is 9. The number of sulfonamides is 1. The van der Waals surface area contributed by atoms with E-state index in [1.165, 1.54) is 0 Å². The van der Waals surface area contributed by atoms with Gasteiger partial charge < -0.3 is 15.4 Å². The summed E-state index contributed by atoms with van der Waals surface area (Å²) < 4.78 is 30.3. The Labute approximate surface area is 150 Å². The maximum atomic E-state index is 11.0. The van der Waals surface area contributed by atoms with Crippen molar-refractivity contribution in [2.24, 2.45) is 5.92 Å². The van der Waals surface area contributed by atoms with Gasteiger partial charge in [-0.2, -0.15) is 4.98 Å². The van der Waals surface area contributed by atoms with Crippen molar-refractivity contribution < 1.29 is 13.2 Å². The minimum Gasteiger partial charge on any atom is -0.376 e. The molecule has 1 aliphatic heterocycles. The van der Waals surface area contributed by atoms with Crippen molar-refractivity contribution in [2.45, 2.75) is 45.3 Å². The Morgan fingerprint density at radius 2 is 2.16 bits per heavy atom. The van der Waals surface area contributed by atoms with Crippen molar-refractivity contribution in [3.8, 4) is 0 Å². The van der Waals surface area contributed by atoms with Gasteiger partial charge in [-0.15, -0.1) is 0 Å². The van der Waals surface area contributed by atoms with E-state index in [0.29, 0.717) is 31.4 Å². The van der Waals surface area contributed by atoms with Gasteiger partial charge in [-0.25, -0.2) is 18.1 Å². The van der Waals surface area contributed by atoms with Gasteiger partial charge in [0.05, 0.1) is 18.4 Å². The predicted octanol–water partition coefficient (Wildman–Crippen LogP) is 1.44. The fourth-order valence-electron chi connectivity index (χ4n) is 2.87. The van der Waals surface area contributed by atoms with Crippen LogP contribution in [0.2, 0.25) is 0 Å². The molecule has 8 nitrogen and oxygen atoms in total. The second-order valence-corrected chi connectivity index (χ2v) is 8.52. The fraction of sp³-hybridized carbons (Fsp3) is 0.750. The third kappa shape index (κ3) is 7.13. The Kier molecular flexibility index (Phi) is 7.39. The number of ether oxygens (including phenoxy) is 1. The molecule has 2 atom stereocenters. The monoisotopic (exact) mass is 371 g/mol. The lowest BCUT2D eigenvalue weighted by Gasteiger charge is -2.35. The van der Waals surface area contributed by atoms with E-state index in [1.807, 2.05) is 6.07 Å². The summed E-state index contributed by atoms with van der Waals surface area (Å²) in [5.74, 6) is 1.75. The SMILES string of the molecule is CC(C)[C@H]1OCCC[C@@H]1Nc1ccnc(NCCCNS(C)(=O)=O)n1. The molecule has 1 aromatic rings. The number of nitrogens with zero attached hydrogens (tertiary/aromatic N) is 2. The van der Waals surface area contributed by atoms with Gasteiger partial charge in [0, 0.05) is 25.9 Å². The molecule has 0 amide bonds. The van der Waals surface area contributed by atoms with Crippen LogP contribution in [0.4, 0.5) is 11.8 Å². The molecule has 0 radical (unpaired) electrons. The van der Waals surface area contributed by atoms with E-state index >= 15 is 0 Å². The highest BCUT2D eigenvalue weighted by molar-refractivity contribution is 7.88. The average Bonchev–Trinajstić information content (AvgIpc) is 2.54. The minimum absolute atomic E-state index is 0.183. The lowest BCUT2D eigenvalue weighted by molar-refractivity contribution is -0.0203. The summed E-state index contributed by atoms with van der Waals surface area (Å²) >= 11 is 0. The molecule has 1 aromatic heterocycles. The zero-order valence-corrected chi connectivity index (χ0v) is 16.0. The third-order valence-electron chi connectivity index (χ3n) is 4.01. The standard InChI is InChI=1S/C16H29N5O3S/c1-12(2)15-13(6-4-11-24-15)20-14-7-10-18-16(21-14)17-8-5-9-19-25(3,22)23/h7,10,12-13,15,19H,4-6,8-9,11H2,1-3H3,(H2,17,18,20,21)/t13-,15+/m0/s1. The molecule has 1 saturated heterocycles. The highest BCUT2D eigenvalue weighted by atomic mass is 32.2. The zero-order valence-electron chi connectivity index (χ0n) is 15.2. The van der Waals surface area contributed by atoms with Gasteiger partial charge in [-0.3, -0.25) is 0 Å². The molecule has 9 heteroatoms. The molecule has 1 fully saturated rings. The summed E-state index contributed by atoms with van der Waals surface area (Å²) in [6.07, 6.45) is 5.80. The van der Waals surface area contributed by atoms with Crippen molar-refractivity contribution in [3.05, 3.63) is 12.3 Å². The van der Waals surface area contributed by atoms with Crippen molar-refractivity contribution in [1.82, 2.24) is 14.7 Å². The fourth-order valence-corrected chi connectivity index (χ4v) is 3.39. The van der Waals surface area contributed by atoms with Gasteiger partial charge in [-0.05, 0) is 31.2 Å². The summed E-state index contributed by atoms with van der Waals surface area (Å²) in [5, 5.41) is 6.58.